The Labute approximate surface area is 130 Å². The van der Waals surface area contributed by atoms with Crippen LogP contribution in [0.4, 0.5) is 5.13 Å². The number of thiazole rings is 1. The molecule has 1 aromatic heterocycles. The van der Waals surface area contributed by atoms with Crippen molar-refractivity contribution in [2.24, 2.45) is 11.3 Å². The van der Waals surface area contributed by atoms with E-state index in [9.17, 15) is 4.79 Å². The van der Waals surface area contributed by atoms with Crippen molar-refractivity contribution < 1.29 is 9.53 Å². The summed E-state index contributed by atoms with van der Waals surface area (Å²) in [6, 6.07) is 0. The van der Waals surface area contributed by atoms with Gasteiger partial charge in [0.15, 0.2) is 10.9 Å². The van der Waals surface area contributed by atoms with Crippen LogP contribution < -0.4 is 4.90 Å². The van der Waals surface area contributed by atoms with E-state index in [1.807, 2.05) is 0 Å². The third-order valence-electron chi connectivity index (χ3n) is 4.69. The van der Waals surface area contributed by atoms with Crippen LogP contribution in [0.3, 0.4) is 0 Å². The van der Waals surface area contributed by atoms with Crippen molar-refractivity contribution in [3.05, 3.63) is 10.6 Å². The van der Waals surface area contributed by atoms with Crippen LogP contribution in [0.25, 0.3) is 0 Å². The van der Waals surface area contributed by atoms with Gasteiger partial charge >= 0.3 is 0 Å². The molecule has 4 nitrogen and oxygen atoms in total. The highest BCUT2D eigenvalue weighted by Crippen LogP contribution is 2.40. The van der Waals surface area contributed by atoms with Crippen molar-refractivity contribution in [1.29, 1.82) is 0 Å². The first-order valence-electron chi connectivity index (χ1n) is 7.70. The van der Waals surface area contributed by atoms with E-state index >= 15 is 0 Å². The molecule has 1 aromatic rings. The number of fused-ring (bicyclic) bond motifs is 1. The van der Waals surface area contributed by atoms with Gasteiger partial charge in [-0.25, -0.2) is 4.98 Å². The number of nitrogens with zero attached hydrogens (tertiary/aromatic N) is 2. The number of hydrogen-bond acceptors (Lipinski definition) is 5. The molecule has 0 aromatic carbocycles. The second-order valence-corrected chi connectivity index (χ2v) is 8.18. The second-order valence-electron chi connectivity index (χ2n) is 7.20. The van der Waals surface area contributed by atoms with E-state index in [0.717, 1.165) is 41.6 Å². The van der Waals surface area contributed by atoms with Gasteiger partial charge in [-0.3, -0.25) is 4.79 Å². The fraction of sp³-hybridized carbons (Fsp3) is 0.750. The van der Waals surface area contributed by atoms with Crippen molar-refractivity contribution in [3.63, 3.8) is 0 Å². The molecule has 0 N–H and O–H groups in total. The standard InChI is InChI=1S/C16H24N2O2S/c1-10-5-6-18(9-13(10)20-4)15-17-11-7-16(2,3)8-12(19)14(11)21-15/h10,13H,5-9H2,1-4H3. The molecule has 3 rings (SSSR count). The number of carbonyl (C=O) groups is 1. The number of Topliss-reactive ketones (excluding diaryl/α,β-unsaturated/α-hetero) is 1. The number of ether oxygens (including phenoxy) is 1. The first kappa shape index (κ1) is 15.0. The van der Waals surface area contributed by atoms with Crippen molar-refractivity contribution >= 4 is 22.3 Å². The Kier molecular flexibility index (Phi) is 3.82. The summed E-state index contributed by atoms with van der Waals surface area (Å²) in [5, 5.41) is 1.00. The van der Waals surface area contributed by atoms with Gasteiger partial charge in [0.2, 0.25) is 0 Å². The minimum absolute atomic E-state index is 0.0426. The summed E-state index contributed by atoms with van der Waals surface area (Å²) in [6.07, 6.45) is 2.91. The van der Waals surface area contributed by atoms with Crippen LogP contribution in [0.2, 0.25) is 0 Å². The molecule has 0 bridgehead atoms. The molecule has 116 valence electrons. The molecule has 2 atom stereocenters. The second kappa shape index (κ2) is 5.36. The number of rotatable bonds is 2. The van der Waals surface area contributed by atoms with Crippen LogP contribution in [0, 0.1) is 11.3 Å². The maximum Gasteiger partial charge on any atom is 0.186 e. The van der Waals surface area contributed by atoms with Gasteiger partial charge in [-0.15, -0.1) is 0 Å². The SMILES string of the molecule is COC1CN(c2nc3c(s2)C(=O)CC(C)(C)C3)CCC1C. The molecule has 1 aliphatic heterocycles. The normalized spacial score (nSPS) is 28.6. The third-order valence-corrected chi connectivity index (χ3v) is 5.89. The molecule has 0 amide bonds. The monoisotopic (exact) mass is 308 g/mol. The number of carbonyl (C=O) groups excluding carboxylic acids is 1. The van der Waals surface area contributed by atoms with E-state index in [2.05, 4.69) is 25.7 Å². The topological polar surface area (TPSA) is 42.4 Å². The lowest BCUT2D eigenvalue weighted by atomic mass is 9.78. The molecule has 1 aliphatic carbocycles. The Morgan fingerprint density at radius 3 is 2.86 bits per heavy atom. The van der Waals surface area contributed by atoms with Gasteiger partial charge < -0.3 is 9.64 Å². The maximum atomic E-state index is 12.3. The van der Waals surface area contributed by atoms with Gasteiger partial charge in [0.1, 0.15) is 0 Å². The molecule has 0 radical (unpaired) electrons. The number of piperidine rings is 1. The molecule has 5 heteroatoms. The van der Waals surface area contributed by atoms with Crippen LogP contribution in [0.15, 0.2) is 0 Å². The Balaban J connectivity index is 1.84. The van der Waals surface area contributed by atoms with E-state index in [4.69, 9.17) is 9.72 Å². The van der Waals surface area contributed by atoms with Gasteiger partial charge in [-0.05, 0) is 24.2 Å². The largest absolute Gasteiger partial charge is 0.379 e. The average molecular weight is 308 g/mol. The Hall–Kier alpha value is -0.940. The molecule has 2 heterocycles. The average Bonchev–Trinajstić information content (AvgIpc) is 2.82. The molecule has 21 heavy (non-hydrogen) atoms. The Morgan fingerprint density at radius 2 is 2.14 bits per heavy atom. The lowest BCUT2D eigenvalue weighted by Crippen LogP contribution is -2.43. The smallest absolute Gasteiger partial charge is 0.186 e. The van der Waals surface area contributed by atoms with Crippen LogP contribution in [-0.2, 0) is 11.2 Å². The molecule has 1 fully saturated rings. The molecule has 2 aliphatic rings. The van der Waals surface area contributed by atoms with Crippen molar-refractivity contribution in [3.8, 4) is 0 Å². The molecular formula is C16H24N2O2S. The summed E-state index contributed by atoms with van der Waals surface area (Å²) in [4.78, 5) is 20.3. The fourth-order valence-corrected chi connectivity index (χ4v) is 4.41. The van der Waals surface area contributed by atoms with Gasteiger partial charge in [0.05, 0.1) is 16.7 Å². The van der Waals surface area contributed by atoms with Gasteiger partial charge in [0, 0.05) is 26.6 Å². The fourth-order valence-electron chi connectivity index (χ4n) is 3.36. The van der Waals surface area contributed by atoms with Gasteiger partial charge in [-0.1, -0.05) is 32.1 Å². The minimum Gasteiger partial charge on any atom is -0.379 e. The zero-order chi connectivity index (χ0) is 15.2. The number of ketones is 1. The Bertz CT molecular complexity index is 552. The third kappa shape index (κ3) is 2.86. The van der Waals surface area contributed by atoms with Crippen LogP contribution in [-0.4, -0.2) is 37.1 Å². The molecule has 0 saturated carbocycles. The highest BCUT2D eigenvalue weighted by molar-refractivity contribution is 7.17. The number of methoxy groups -OCH3 is 1. The summed E-state index contributed by atoms with van der Waals surface area (Å²) in [5.74, 6) is 0.847. The van der Waals surface area contributed by atoms with Crippen molar-refractivity contribution in [1.82, 2.24) is 4.98 Å². The number of aromatic nitrogens is 1. The first-order valence-corrected chi connectivity index (χ1v) is 8.52. The van der Waals surface area contributed by atoms with Crippen LogP contribution >= 0.6 is 11.3 Å². The molecular weight excluding hydrogens is 284 g/mol. The maximum absolute atomic E-state index is 12.3. The lowest BCUT2D eigenvalue weighted by Gasteiger charge is -2.36. The Morgan fingerprint density at radius 1 is 1.38 bits per heavy atom. The molecule has 2 unspecified atom stereocenters. The number of anilines is 1. The van der Waals surface area contributed by atoms with E-state index in [0.29, 0.717) is 12.3 Å². The summed E-state index contributed by atoms with van der Waals surface area (Å²) < 4.78 is 5.58. The summed E-state index contributed by atoms with van der Waals surface area (Å²) in [6.45, 7) is 8.42. The van der Waals surface area contributed by atoms with Crippen molar-refractivity contribution in [2.45, 2.75) is 46.1 Å². The predicted octanol–water partition coefficient (Wildman–Crippen LogP) is 3.16. The zero-order valence-electron chi connectivity index (χ0n) is 13.3. The van der Waals surface area contributed by atoms with Gasteiger partial charge in [0.25, 0.3) is 0 Å². The molecule has 0 spiro atoms. The number of hydrogen-bond donors (Lipinski definition) is 0. The first-order chi connectivity index (χ1) is 9.89. The highest BCUT2D eigenvalue weighted by Gasteiger charge is 2.35. The lowest BCUT2D eigenvalue weighted by molar-refractivity contribution is 0.0498. The summed E-state index contributed by atoms with van der Waals surface area (Å²) in [7, 11) is 1.78. The predicted molar refractivity (Wildman–Crippen MR) is 85.3 cm³/mol. The van der Waals surface area contributed by atoms with E-state index in [1.54, 1.807) is 18.4 Å². The van der Waals surface area contributed by atoms with E-state index < -0.39 is 0 Å². The highest BCUT2D eigenvalue weighted by atomic mass is 32.1. The molecule has 1 saturated heterocycles. The summed E-state index contributed by atoms with van der Waals surface area (Å²) >= 11 is 1.57. The minimum atomic E-state index is 0.0426. The van der Waals surface area contributed by atoms with Crippen LogP contribution in [0.5, 0.6) is 0 Å². The zero-order valence-corrected chi connectivity index (χ0v) is 14.1. The van der Waals surface area contributed by atoms with E-state index in [1.165, 1.54) is 0 Å². The van der Waals surface area contributed by atoms with E-state index in [-0.39, 0.29) is 17.3 Å². The quantitative estimate of drug-likeness (QED) is 0.841. The van der Waals surface area contributed by atoms with Crippen LogP contribution in [0.1, 0.15) is 49.0 Å². The summed E-state index contributed by atoms with van der Waals surface area (Å²) in [5.41, 5.74) is 1.05. The van der Waals surface area contributed by atoms with Crippen molar-refractivity contribution in [2.75, 3.05) is 25.1 Å². The van der Waals surface area contributed by atoms with Gasteiger partial charge in [-0.2, -0.15) is 0 Å².